The first-order valence-electron chi connectivity index (χ1n) is 6.91. The molecule has 8 heteroatoms. The van der Waals surface area contributed by atoms with Gasteiger partial charge >= 0.3 is 18.0 Å². The van der Waals surface area contributed by atoms with Crippen molar-refractivity contribution in [3.05, 3.63) is 29.8 Å². The Bertz CT molecular complexity index is 601. The molecule has 1 aromatic rings. The van der Waals surface area contributed by atoms with Gasteiger partial charge in [-0.15, -0.1) is 0 Å². The van der Waals surface area contributed by atoms with Crippen LogP contribution in [-0.4, -0.2) is 35.0 Å². The molecule has 1 saturated carbocycles. The molecule has 1 aliphatic carbocycles. The summed E-state index contributed by atoms with van der Waals surface area (Å²) >= 11 is 0. The average molecular weight is 328 g/mol. The highest BCUT2D eigenvalue weighted by atomic mass is 19.3. The van der Waals surface area contributed by atoms with Crippen molar-refractivity contribution < 1.29 is 37.7 Å². The Labute approximate surface area is 130 Å². The highest BCUT2D eigenvalue weighted by Gasteiger charge is 2.42. The molecule has 0 unspecified atom stereocenters. The number of carbonyl (C=O) groups excluding carboxylic acids is 2. The quantitative estimate of drug-likeness (QED) is 0.835. The third-order valence-electron chi connectivity index (χ3n) is 3.35. The van der Waals surface area contributed by atoms with E-state index in [0.29, 0.717) is 25.7 Å². The molecule has 0 spiro atoms. The summed E-state index contributed by atoms with van der Waals surface area (Å²) in [5.41, 5.74) is 0.118. The second kappa shape index (κ2) is 6.72. The number of aliphatic carboxylic acids is 1. The minimum absolute atomic E-state index is 0.118. The molecule has 0 radical (unpaired) electrons. The van der Waals surface area contributed by atoms with E-state index in [9.17, 15) is 23.2 Å². The number of ketones is 1. The Kier molecular flexibility index (Phi) is 4.92. The number of hydrogen-bond donors (Lipinski definition) is 1. The standard InChI is InChI=1S/C15H14F2O6/c16-15(17,14(20)21)23-12-5-1-9(2-6-12)13(19)22-11-7-3-10(18)4-8-11/h1-2,5-6,11H,3-4,7-8H2,(H,20,21). The lowest BCUT2D eigenvalue weighted by molar-refractivity contribution is -0.210. The molecule has 1 fully saturated rings. The summed E-state index contributed by atoms with van der Waals surface area (Å²) in [6.45, 7) is 0. The molecule has 0 amide bonds. The Morgan fingerprint density at radius 1 is 1.13 bits per heavy atom. The molecule has 23 heavy (non-hydrogen) atoms. The largest absolute Gasteiger partial charge is 0.501 e. The molecular formula is C15H14F2O6. The van der Waals surface area contributed by atoms with Crippen LogP contribution in [0.15, 0.2) is 24.3 Å². The number of carbonyl (C=O) groups is 3. The first-order chi connectivity index (χ1) is 10.8. The molecule has 0 bridgehead atoms. The lowest BCUT2D eigenvalue weighted by Gasteiger charge is -2.21. The second-order valence-electron chi connectivity index (χ2n) is 5.09. The van der Waals surface area contributed by atoms with Crippen molar-refractivity contribution in [1.82, 2.24) is 0 Å². The maximum absolute atomic E-state index is 12.9. The van der Waals surface area contributed by atoms with Gasteiger partial charge in [-0.3, -0.25) is 4.79 Å². The van der Waals surface area contributed by atoms with Gasteiger partial charge in [0.25, 0.3) is 0 Å². The number of ether oxygens (including phenoxy) is 2. The lowest BCUT2D eigenvalue weighted by Crippen LogP contribution is -2.34. The Balaban J connectivity index is 1.95. The van der Waals surface area contributed by atoms with Crippen molar-refractivity contribution >= 4 is 17.7 Å². The summed E-state index contributed by atoms with van der Waals surface area (Å²) in [4.78, 5) is 33.3. The second-order valence-corrected chi connectivity index (χ2v) is 5.09. The number of hydrogen-bond acceptors (Lipinski definition) is 5. The van der Waals surface area contributed by atoms with Gasteiger partial charge in [-0.1, -0.05) is 0 Å². The van der Waals surface area contributed by atoms with Crippen molar-refractivity contribution in [3.63, 3.8) is 0 Å². The van der Waals surface area contributed by atoms with E-state index in [4.69, 9.17) is 9.84 Å². The Morgan fingerprint density at radius 3 is 2.22 bits per heavy atom. The fraction of sp³-hybridized carbons (Fsp3) is 0.400. The average Bonchev–Trinajstić information content (AvgIpc) is 2.49. The summed E-state index contributed by atoms with van der Waals surface area (Å²) in [7, 11) is 0. The topological polar surface area (TPSA) is 89.9 Å². The maximum Gasteiger partial charge on any atom is 0.501 e. The zero-order chi connectivity index (χ0) is 17.0. The summed E-state index contributed by atoms with van der Waals surface area (Å²) in [6.07, 6.45) is -3.01. The normalized spacial score (nSPS) is 16.0. The van der Waals surface area contributed by atoms with Crippen LogP contribution in [0.4, 0.5) is 8.78 Å². The van der Waals surface area contributed by atoms with Crippen molar-refractivity contribution in [2.45, 2.75) is 37.9 Å². The third-order valence-corrected chi connectivity index (χ3v) is 3.35. The maximum atomic E-state index is 12.9. The molecule has 1 aliphatic rings. The van der Waals surface area contributed by atoms with E-state index >= 15 is 0 Å². The van der Waals surface area contributed by atoms with Crippen molar-refractivity contribution in [2.75, 3.05) is 0 Å². The van der Waals surface area contributed by atoms with Gasteiger partial charge < -0.3 is 14.6 Å². The highest BCUT2D eigenvalue weighted by Crippen LogP contribution is 2.23. The van der Waals surface area contributed by atoms with E-state index in [0.717, 1.165) is 12.1 Å². The molecule has 1 aromatic carbocycles. The van der Waals surface area contributed by atoms with E-state index in [1.165, 1.54) is 12.1 Å². The summed E-state index contributed by atoms with van der Waals surface area (Å²) in [5, 5.41) is 8.27. The molecule has 124 valence electrons. The Hall–Kier alpha value is -2.51. The van der Waals surface area contributed by atoms with E-state index in [1.807, 2.05) is 0 Å². The van der Waals surface area contributed by atoms with Gasteiger partial charge in [-0.25, -0.2) is 9.59 Å². The van der Waals surface area contributed by atoms with Gasteiger partial charge in [-0.05, 0) is 37.1 Å². The first-order valence-corrected chi connectivity index (χ1v) is 6.91. The summed E-state index contributed by atoms with van der Waals surface area (Å²) < 4.78 is 35.0. The van der Waals surface area contributed by atoms with Gasteiger partial charge in [0.05, 0.1) is 5.56 Å². The molecule has 0 saturated heterocycles. The van der Waals surface area contributed by atoms with Crippen LogP contribution in [0.25, 0.3) is 0 Å². The molecular weight excluding hydrogens is 314 g/mol. The Morgan fingerprint density at radius 2 is 1.70 bits per heavy atom. The zero-order valence-corrected chi connectivity index (χ0v) is 12.0. The van der Waals surface area contributed by atoms with Crippen LogP contribution in [-0.2, 0) is 14.3 Å². The van der Waals surface area contributed by atoms with Gasteiger partial charge in [0.1, 0.15) is 17.6 Å². The first kappa shape index (κ1) is 16.9. The predicted octanol–water partition coefficient (Wildman–Crippen LogP) is 2.41. The van der Waals surface area contributed by atoms with Gasteiger partial charge in [-0.2, -0.15) is 8.78 Å². The molecule has 2 rings (SSSR count). The number of rotatable bonds is 5. The monoisotopic (exact) mass is 328 g/mol. The number of esters is 1. The van der Waals surface area contributed by atoms with Crippen molar-refractivity contribution in [2.24, 2.45) is 0 Å². The molecule has 0 aromatic heterocycles. The van der Waals surface area contributed by atoms with E-state index < -0.39 is 23.8 Å². The van der Waals surface area contributed by atoms with Crippen LogP contribution in [0.2, 0.25) is 0 Å². The predicted molar refractivity (Wildman–Crippen MR) is 72.3 cm³/mol. The van der Waals surface area contributed by atoms with Crippen LogP contribution in [0.3, 0.4) is 0 Å². The van der Waals surface area contributed by atoms with Crippen molar-refractivity contribution in [3.8, 4) is 5.75 Å². The van der Waals surface area contributed by atoms with E-state index in [2.05, 4.69) is 4.74 Å². The number of Topliss-reactive ketones (excluding diaryl/α,β-unsaturated/α-hetero) is 1. The number of carboxylic acid groups (broad SMARTS) is 1. The summed E-state index contributed by atoms with van der Waals surface area (Å²) in [5.74, 6) is -3.30. The minimum atomic E-state index is -4.35. The minimum Gasteiger partial charge on any atom is -0.474 e. The molecule has 0 atom stereocenters. The fourth-order valence-corrected chi connectivity index (χ4v) is 2.10. The number of carboxylic acids is 1. The zero-order valence-electron chi connectivity index (χ0n) is 12.0. The molecule has 1 N–H and O–H groups in total. The van der Waals surface area contributed by atoms with Gasteiger partial charge in [0, 0.05) is 12.8 Å². The third kappa shape index (κ3) is 4.48. The van der Waals surface area contributed by atoms with Crippen molar-refractivity contribution in [1.29, 1.82) is 0 Å². The van der Waals surface area contributed by atoms with Crippen LogP contribution < -0.4 is 4.74 Å². The van der Waals surface area contributed by atoms with Crippen LogP contribution in [0.5, 0.6) is 5.75 Å². The highest BCUT2D eigenvalue weighted by molar-refractivity contribution is 5.89. The molecule has 0 heterocycles. The number of alkyl halides is 2. The number of benzene rings is 1. The van der Waals surface area contributed by atoms with Gasteiger partial charge in [0.15, 0.2) is 0 Å². The van der Waals surface area contributed by atoms with Crippen LogP contribution in [0.1, 0.15) is 36.0 Å². The fourth-order valence-electron chi connectivity index (χ4n) is 2.10. The SMILES string of the molecule is O=C1CCC(OC(=O)c2ccc(OC(F)(F)C(=O)O)cc2)CC1. The number of halogens is 2. The lowest BCUT2D eigenvalue weighted by atomic mass is 9.96. The molecule has 0 aliphatic heterocycles. The summed E-state index contributed by atoms with van der Waals surface area (Å²) in [6, 6.07) is 4.50. The van der Waals surface area contributed by atoms with Crippen LogP contribution >= 0.6 is 0 Å². The van der Waals surface area contributed by atoms with E-state index in [-0.39, 0.29) is 17.5 Å². The van der Waals surface area contributed by atoms with Crippen LogP contribution in [0, 0.1) is 0 Å². The van der Waals surface area contributed by atoms with E-state index in [1.54, 1.807) is 0 Å². The molecule has 6 nitrogen and oxygen atoms in total. The smallest absolute Gasteiger partial charge is 0.474 e. The van der Waals surface area contributed by atoms with Gasteiger partial charge in [0.2, 0.25) is 0 Å².